The molecule has 0 fully saturated rings. The van der Waals surface area contributed by atoms with E-state index in [4.69, 9.17) is 0 Å². The van der Waals surface area contributed by atoms with Crippen LogP contribution in [0, 0.1) is 13.8 Å². The zero-order valence-electron chi connectivity index (χ0n) is 16.9. The molecule has 0 spiro atoms. The number of alkyl halides is 3. The molecular formula is C26H18F3NS. The third-order valence-corrected chi connectivity index (χ3v) is 6.68. The number of aryl methyl sites for hydroxylation is 2. The van der Waals surface area contributed by atoms with Crippen molar-refractivity contribution in [2.45, 2.75) is 20.0 Å². The van der Waals surface area contributed by atoms with Gasteiger partial charge in [-0.2, -0.15) is 13.2 Å². The predicted molar refractivity (Wildman–Crippen MR) is 122 cm³/mol. The summed E-state index contributed by atoms with van der Waals surface area (Å²) in [7, 11) is 0. The van der Waals surface area contributed by atoms with Crippen LogP contribution in [-0.2, 0) is 6.18 Å². The van der Waals surface area contributed by atoms with Gasteiger partial charge < -0.3 is 0 Å². The van der Waals surface area contributed by atoms with E-state index in [0.29, 0.717) is 11.3 Å². The van der Waals surface area contributed by atoms with E-state index in [9.17, 15) is 13.2 Å². The number of rotatable bonds is 2. The topological polar surface area (TPSA) is 12.9 Å². The number of nitrogens with zero attached hydrogens (tertiary/aromatic N) is 1. The molecule has 3 aromatic carbocycles. The molecule has 154 valence electrons. The summed E-state index contributed by atoms with van der Waals surface area (Å²) in [6.07, 6.45) is -3.52. The Morgan fingerprint density at radius 3 is 2.26 bits per heavy atom. The van der Waals surface area contributed by atoms with Gasteiger partial charge in [0.15, 0.2) is 0 Å². The molecule has 5 aromatic rings. The quantitative estimate of drug-likeness (QED) is 0.272. The average Bonchev–Trinajstić information content (AvgIpc) is 3.09. The molecule has 31 heavy (non-hydrogen) atoms. The van der Waals surface area contributed by atoms with Gasteiger partial charge in [-0.25, -0.2) is 0 Å². The van der Waals surface area contributed by atoms with E-state index in [1.807, 2.05) is 6.92 Å². The smallest absolute Gasteiger partial charge is 0.256 e. The standard InChI is InChI=1S/C26H18F3NS/c1-15-8-9-24-20(10-15)21-11-16(2)18(13-25(21)31-24)23-12-19(17-6-4-3-5-7-17)22(14-30-23)26(27,28)29/h3-14H,1-2H3. The number of hydrogen-bond donors (Lipinski definition) is 0. The Hall–Kier alpha value is -3.18. The molecule has 0 N–H and O–H groups in total. The first-order chi connectivity index (χ1) is 14.8. The Balaban J connectivity index is 1.73. The Labute approximate surface area is 181 Å². The van der Waals surface area contributed by atoms with Crippen molar-refractivity contribution in [3.05, 3.63) is 89.6 Å². The molecule has 0 saturated carbocycles. The van der Waals surface area contributed by atoms with Crippen LogP contribution in [0.5, 0.6) is 0 Å². The number of benzene rings is 3. The van der Waals surface area contributed by atoms with Gasteiger partial charge in [-0.05, 0) is 60.9 Å². The molecule has 0 radical (unpaired) electrons. The van der Waals surface area contributed by atoms with Crippen LogP contribution in [0.2, 0.25) is 0 Å². The lowest BCUT2D eigenvalue weighted by Gasteiger charge is -2.15. The fourth-order valence-electron chi connectivity index (χ4n) is 4.01. The first-order valence-electron chi connectivity index (χ1n) is 9.88. The second kappa shape index (κ2) is 7.20. The van der Waals surface area contributed by atoms with E-state index in [1.165, 1.54) is 21.0 Å². The van der Waals surface area contributed by atoms with Gasteiger partial charge in [-0.15, -0.1) is 11.3 Å². The van der Waals surface area contributed by atoms with Crippen molar-refractivity contribution in [3.8, 4) is 22.4 Å². The third kappa shape index (κ3) is 3.49. The maximum atomic E-state index is 13.7. The minimum atomic E-state index is -4.47. The van der Waals surface area contributed by atoms with E-state index < -0.39 is 11.7 Å². The molecule has 0 amide bonds. The van der Waals surface area contributed by atoms with E-state index >= 15 is 0 Å². The lowest BCUT2D eigenvalue weighted by Crippen LogP contribution is -2.08. The van der Waals surface area contributed by atoms with Crippen LogP contribution < -0.4 is 0 Å². The highest BCUT2D eigenvalue weighted by Gasteiger charge is 2.34. The summed E-state index contributed by atoms with van der Waals surface area (Å²) in [5.74, 6) is 0. The van der Waals surface area contributed by atoms with Crippen LogP contribution >= 0.6 is 11.3 Å². The second-order valence-corrected chi connectivity index (χ2v) is 8.83. The summed E-state index contributed by atoms with van der Waals surface area (Å²) in [6.45, 7) is 4.05. The van der Waals surface area contributed by atoms with Crippen LogP contribution in [0.4, 0.5) is 13.2 Å². The second-order valence-electron chi connectivity index (χ2n) is 7.74. The van der Waals surface area contributed by atoms with E-state index in [0.717, 1.165) is 22.0 Å². The first-order valence-corrected chi connectivity index (χ1v) is 10.7. The van der Waals surface area contributed by atoms with Crippen molar-refractivity contribution in [1.29, 1.82) is 0 Å². The number of thiophene rings is 1. The molecule has 0 aliphatic rings. The molecule has 0 saturated heterocycles. The molecule has 0 atom stereocenters. The van der Waals surface area contributed by atoms with Crippen molar-refractivity contribution in [2.24, 2.45) is 0 Å². The van der Waals surface area contributed by atoms with Crippen LogP contribution in [0.15, 0.2) is 72.9 Å². The van der Waals surface area contributed by atoms with Gasteiger partial charge >= 0.3 is 6.18 Å². The molecular weight excluding hydrogens is 415 g/mol. The zero-order valence-corrected chi connectivity index (χ0v) is 17.7. The van der Waals surface area contributed by atoms with Gasteiger partial charge in [0.2, 0.25) is 0 Å². The minimum absolute atomic E-state index is 0.143. The average molecular weight is 433 g/mol. The van der Waals surface area contributed by atoms with Gasteiger partial charge in [0, 0.05) is 31.9 Å². The van der Waals surface area contributed by atoms with Crippen molar-refractivity contribution in [1.82, 2.24) is 4.98 Å². The highest BCUT2D eigenvalue weighted by atomic mass is 32.1. The Bertz CT molecular complexity index is 1430. The largest absolute Gasteiger partial charge is 0.418 e. The summed E-state index contributed by atoms with van der Waals surface area (Å²) in [6, 6.07) is 20.8. The molecule has 2 heterocycles. The molecule has 5 rings (SSSR count). The lowest BCUT2D eigenvalue weighted by atomic mass is 9.96. The van der Waals surface area contributed by atoms with Crippen molar-refractivity contribution in [2.75, 3.05) is 0 Å². The van der Waals surface area contributed by atoms with Crippen molar-refractivity contribution < 1.29 is 13.2 Å². The maximum Gasteiger partial charge on any atom is 0.418 e. The van der Waals surface area contributed by atoms with Crippen molar-refractivity contribution >= 4 is 31.5 Å². The van der Waals surface area contributed by atoms with Crippen molar-refractivity contribution in [3.63, 3.8) is 0 Å². The van der Waals surface area contributed by atoms with Crippen LogP contribution in [0.1, 0.15) is 16.7 Å². The number of pyridine rings is 1. The summed E-state index contributed by atoms with van der Waals surface area (Å²) in [5.41, 5.74) is 3.52. The van der Waals surface area contributed by atoms with E-state index in [-0.39, 0.29) is 5.56 Å². The van der Waals surface area contributed by atoms with E-state index in [1.54, 1.807) is 47.7 Å². The fourth-order valence-corrected chi connectivity index (χ4v) is 5.11. The SMILES string of the molecule is Cc1ccc2sc3cc(-c4cc(-c5ccccc5)c(C(F)(F)F)cn4)c(C)cc3c2c1. The zero-order chi connectivity index (χ0) is 21.8. The number of aromatic nitrogens is 1. The van der Waals surface area contributed by atoms with Gasteiger partial charge in [-0.3, -0.25) is 4.98 Å². The summed E-state index contributed by atoms with van der Waals surface area (Å²) in [4.78, 5) is 4.22. The first kappa shape index (κ1) is 19.8. The number of fused-ring (bicyclic) bond motifs is 3. The Morgan fingerprint density at radius 2 is 1.52 bits per heavy atom. The molecule has 2 aromatic heterocycles. The molecule has 0 unspecified atom stereocenters. The molecule has 0 aliphatic heterocycles. The molecule has 1 nitrogen and oxygen atoms in total. The monoisotopic (exact) mass is 433 g/mol. The summed E-state index contributed by atoms with van der Waals surface area (Å²) >= 11 is 1.69. The minimum Gasteiger partial charge on any atom is -0.256 e. The van der Waals surface area contributed by atoms with Gasteiger partial charge in [0.25, 0.3) is 0 Å². The van der Waals surface area contributed by atoms with Crippen LogP contribution in [0.3, 0.4) is 0 Å². The lowest BCUT2D eigenvalue weighted by molar-refractivity contribution is -0.137. The fraction of sp³-hybridized carbons (Fsp3) is 0.115. The molecule has 0 bridgehead atoms. The van der Waals surface area contributed by atoms with Crippen LogP contribution in [0.25, 0.3) is 42.6 Å². The van der Waals surface area contributed by atoms with E-state index in [2.05, 4.69) is 42.2 Å². The number of hydrogen-bond acceptors (Lipinski definition) is 2. The number of halogens is 3. The van der Waals surface area contributed by atoms with Gasteiger partial charge in [0.05, 0.1) is 11.3 Å². The predicted octanol–water partition coefficient (Wildman–Crippen LogP) is 8.42. The third-order valence-electron chi connectivity index (χ3n) is 5.54. The highest BCUT2D eigenvalue weighted by Crippen LogP contribution is 2.41. The Kier molecular flexibility index (Phi) is 4.59. The van der Waals surface area contributed by atoms with Crippen LogP contribution in [-0.4, -0.2) is 4.98 Å². The van der Waals surface area contributed by atoms with Gasteiger partial charge in [-0.1, -0.05) is 42.0 Å². The summed E-state index contributed by atoms with van der Waals surface area (Å²) < 4.78 is 43.3. The normalized spacial score (nSPS) is 12.0. The van der Waals surface area contributed by atoms with Gasteiger partial charge in [0.1, 0.15) is 0 Å². The molecule has 5 heteroatoms. The summed E-state index contributed by atoms with van der Waals surface area (Å²) in [5, 5.41) is 2.38. The Morgan fingerprint density at radius 1 is 0.774 bits per heavy atom. The molecule has 0 aliphatic carbocycles. The highest BCUT2D eigenvalue weighted by molar-refractivity contribution is 7.25. The maximum absolute atomic E-state index is 13.7.